The summed E-state index contributed by atoms with van der Waals surface area (Å²) >= 11 is 5.95. The first kappa shape index (κ1) is 17.3. The Morgan fingerprint density at radius 1 is 1.22 bits per heavy atom. The zero-order chi connectivity index (χ0) is 16.8. The van der Waals surface area contributed by atoms with Crippen molar-refractivity contribution in [1.82, 2.24) is 5.32 Å². The summed E-state index contributed by atoms with van der Waals surface area (Å²) in [5.41, 5.74) is 7.34. The molecule has 2 atom stereocenters. The van der Waals surface area contributed by atoms with Crippen LogP contribution < -0.4 is 15.8 Å². The summed E-state index contributed by atoms with van der Waals surface area (Å²) in [7, 11) is 0. The van der Waals surface area contributed by atoms with Crippen LogP contribution in [0, 0.1) is 0 Å². The molecule has 2 rings (SSSR count). The van der Waals surface area contributed by atoms with Crippen LogP contribution in [0.15, 0.2) is 48.5 Å². The van der Waals surface area contributed by atoms with Gasteiger partial charge in [-0.15, -0.1) is 0 Å². The highest BCUT2D eigenvalue weighted by molar-refractivity contribution is 6.30. The number of ether oxygens (including phenoxy) is 1. The Kier molecular flexibility index (Phi) is 6.02. The molecule has 0 aliphatic rings. The lowest BCUT2D eigenvalue weighted by atomic mass is 10.1. The van der Waals surface area contributed by atoms with Crippen molar-refractivity contribution >= 4 is 17.5 Å². The molecule has 0 saturated heterocycles. The van der Waals surface area contributed by atoms with Gasteiger partial charge >= 0.3 is 0 Å². The number of carbonyl (C=O) groups excluding carboxylic acids is 1. The monoisotopic (exact) mass is 332 g/mol. The average Bonchev–Trinajstić information content (AvgIpc) is 2.53. The van der Waals surface area contributed by atoms with Gasteiger partial charge in [-0.25, -0.2) is 0 Å². The second-order valence-corrected chi connectivity index (χ2v) is 5.94. The summed E-state index contributed by atoms with van der Waals surface area (Å²) < 4.78 is 5.75. The summed E-state index contributed by atoms with van der Waals surface area (Å²) in [6.45, 7) is 4.20. The molecule has 0 saturated carbocycles. The predicted molar refractivity (Wildman–Crippen MR) is 92.4 cm³/mol. The van der Waals surface area contributed by atoms with Gasteiger partial charge in [0.05, 0.1) is 6.04 Å². The van der Waals surface area contributed by atoms with Crippen molar-refractivity contribution in [3.63, 3.8) is 0 Å². The number of halogens is 1. The molecule has 1 amide bonds. The highest BCUT2D eigenvalue weighted by Crippen LogP contribution is 2.19. The van der Waals surface area contributed by atoms with Gasteiger partial charge in [0.15, 0.2) is 0 Å². The van der Waals surface area contributed by atoms with Gasteiger partial charge in [-0.3, -0.25) is 10.1 Å². The predicted octanol–water partition coefficient (Wildman–Crippen LogP) is 3.44. The van der Waals surface area contributed by atoms with Gasteiger partial charge in [-0.1, -0.05) is 35.9 Å². The number of carbonyl (C=O) groups is 1. The van der Waals surface area contributed by atoms with Gasteiger partial charge in [-0.2, -0.15) is 0 Å². The fourth-order valence-electron chi connectivity index (χ4n) is 2.20. The molecule has 5 heteroatoms. The van der Waals surface area contributed by atoms with E-state index in [1.165, 1.54) is 0 Å². The maximum absolute atomic E-state index is 11.1. The largest absolute Gasteiger partial charge is 0.489 e. The van der Waals surface area contributed by atoms with Gasteiger partial charge in [0.25, 0.3) is 0 Å². The molecule has 2 unspecified atom stereocenters. The number of benzene rings is 2. The summed E-state index contributed by atoms with van der Waals surface area (Å²) in [4.78, 5) is 11.1. The maximum Gasteiger partial charge on any atom is 0.234 e. The number of primary amides is 1. The second kappa shape index (κ2) is 7.99. The molecular formula is C18H21ClN2O2. The lowest BCUT2D eigenvalue weighted by Gasteiger charge is -2.18. The molecule has 0 aliphatic carbocycles. The van der Waals surface area contributed by atoms with E-state index in [-0.39, 0.29) is 18.0 Å². The Balaban J connectivity index is 1.92. The molecule has 0 bridgehead atoms. The van der Waals surface area contributed by atoms with E-state index in [0.29, 0.717) is 11.6 Å². The van der Waals surface area contributed by atoms with Gasteiger partial charge in [0.2, 0.25) is 5.91 Å². The summed E-state index contributed by atoms with van der Waals surface area (Å²) in [5.74, 6) is 0.419. The van der Waals surface area contributed by atoms with E-state index in [4.69, 9.17) is 22.1 Å². The van der Waals surface area contributed by atoms with Crippen LogP contribution in [-0.2, 0) is 11.4 Å². The van der Waals surface area contributed by atoms with E-state index < -0.39 is 0 Å². The van der Waals surface area contributed by atoms with Crippen molar-refractivity contribution < 1.29 is 9.53 Å². The van der Waals surface area contributed by atoms with Crippen molar-refractivity contribution in [2.75, 3.05) is 0 Å². The molecule has 0 radical (unpaired) electrons. The summed E-state index contributed by atoms with van der Waals surface area (Å²) in [6.07, 6.45) is 0. The first-order valence-corrected chi connectivity index (χ1v) is 7.86. The Labute approximate surface area is 141 Å². The quantitative estimate of drug-likeness (QED) is 0.816. The highest BCUT2D eigenvalue weighted by Gasteiger charge is 2.13. The van der Waals surface area contributed by atoms with E-state index in [2.05, 4.69) is 5.32 Å². The van der Waals surface area contributed by atoms with E-state index in [0.717, 1.165) is 16.9 Å². The minimum absolute atomic E-state index is 0.0273. The molecule has 0 heterocycles. The molecule has 23 heavy (non-hydrogen) atoms. The van der Waals surface area contributed by atoms with Crippen molar-refractivity contribution in [2.24, 2.45) is 5.73 Å². The summed E-state index contributed by atoms with van der Waals surface area (Å²) in [6, 6.07) is 15.0. The lowest BCUT2D eigenvalue weighted by molar-refractivity contribution is -0.119. The maximum atomic E-state index is 11.1. The van der Waals surface area contributed by atoms with Crippen LogP contribution in [0.4, 0.5) is 0 Å². The Morgan fingerprint density at radius 2 is 1.91 bits per heavy atom. The van der Waals surface area contributed by atoms with Crippen LogP contribution in [0.25, 0.3) is 0 Å². The number of amides is 1. The van der Waals surface area contributed by atoms with Gasteiger partial charge < -0.3 is 10.5 Å². The van der Waals surface area contributed by atoms with Gasteiger partial charge in [0.1, 0.15) is 12.4 Å². The number of rotatable bonds is 7. The van der Waals surface area contributed by atoms with Crippen LogP contribution in [0.3, 0.4) is 0 Å². The standard InChI is InChI=1S/C18H21ClN2O2/c1-12(21-13(2)18(20)22)15-6-8-17(9-7-15)23-11-14-4-3-5-16(19)10-14/h3-10,12-13,21H,11H2,1-2H3,(H2,20,22). The number of hydrogen-bond acceptors (Lipinski definition) is 3. The van der Waals surface area contributed by atoms with Crippen LogP contribution in [0.2, 0.25) is 5.02 Å². The third-order valence-electron chi connectivity index (χ3n) is 3.60. The van der Waals surface area contributed by atoms with Crippen LogP contribution in [-0.4, -0.2) is 11.9 Å². The zero-order valence-electron chi connectivity index (χ0n) is 13.3. The Hall–Kier alpha value is -2.04. The fraction of sp³-hybridized carbons (Fsp3) is 0.278. The minimum atomic E-state index is -0.372. The lowest BCUT2D eigenvalue weighted by Crippen LogP contribution is -2.39. The highest BCUT2D eigenvalue weighted by atomic mass is 35.5. The van der Waals surface area contributed by atoms with E-state index in [9.17, 15) is 4.79 Å². The smallest absolute Gasteiger partial charge is 0.234 e. The van der Waals surface area contributed by atoms with Crippen LogP contribution >= 0.6 is 11.6 Å². The molecule has 2 aromatic rings. The molecular weight excluding hydrogens is 312 g/mol. The Morgan fingerprint density at radius 3 is 2.52 bits per heavy atom. The van der Waals surface area contributed by atoms with Crippen molar-refractivity contribution in [3.8, 4) is 5.75 Å². The molecule has 3 N–H and O–H groups in total. The van der Waals surface area contributed by atoms with E-state index >= 15 is 0 Å². The van der Waals surface area contributed by atoms with Crippen LogP contribution in [0.5, 0.6) is 5.75 Å². The second-order valence-electron chi connectivity index (χ2n) is 5.50. The molecule has 2 aromatic carbocycles. The normalized spacial score (nSPS) is 13.3. The number of nitrogens with one attached hydrogen (secondary N) is 1. The van der Waals surface area contributed by atoms with Crippen molar-refractivity contribution in [2.45, 2.75) is 32.5 Å². The molecule has 4 nitrogen and oxygen atoms in total. The number of nitrogens with two attached hydrogens (primary N) is 1. The number of hydrogen-bond donors (Lipinski definition) is 2. The van der Waals surface area contributed by atoms with Crippen molar-refractivity contribution in [3.05, 3.63) is 64.7 Å². The average molecular weight is 333 g/mol. The molecule has 122 valence electrons. The van der Waals surface area contributed by atoms with E-state index in [1.807, 2.05) is 55.5 Å². The van der Waals surface area contributed by atoms with Crippen LogP contribution in [0.1, 0.15) is 31.0 Å². The fourth-order valence-corrected chi connectivity index (χ4v) is 2.41. The molecule has 0 fully saturated rings. The third kappa shape index (κ3) is 5.27. The third-order valence-corrected chi connectivity index (χ3v) is 3.84. The zero-order valence-corrected chi connectivity index (χ0v) is 14.0. The van der Waals surface area contributed by atoms with Gasteiger partial charge in [0, 0.05) is 11.1 Å². The Bertz CT molecular complexity index is 658. The first-order valence-electron chi connectivity index (χ1n) is 7.48. The molecule has 0 spiro atoms. The van der Waals surface area contributed by atoms with Gasteiger partial charge in [-0.05, 0) is 49.2 Å². The topological polar surface area (TPSA) is 64.3 Å². The first-order chi connectivity index (χ1) is 11.0. The minimum Gasteiger partial charge on any atom is -0.489 e. The molecule has 0 aliphatic heterocycles. The van der Waals surface area contributed by atoms with E-state index in [1.54, 1.807) is 6.92 Å². The molecule has 0 aromatic heterocycles. The van der Waals surface area contributed by atoms with Crippen molar-refractivity contribution in [1.29, 1.82) is 0 Å². The summed E-state index contributed by atoms with van der Waals surface area (Å²) in [5, 5.41) is 3.85. The SMILES string of the molecule is CC(NC(C)c1ccc(OCc2cccc(Cl)c2)cc1)C(N)=O.